The zero-order valence-corrected chi connectivity index (χ0v) is 18.8. The Hall–Kier alpha value is -3.16. The molecule has 1 saturated heterocycles. The predicted octanol–water partition coefficient (Wildman–Crippen LogP) is 2.16. The predicted molar refractivity (Wildman–Crippen MR) is 115 cm³/mol. The molecule has 1 fully saturated rings. The molecule has 0 N–H and O–H groups in total. The number of carbonyl (C=O) groups is 3. The van der Waals surface area contributed by atoms with Crippen LogP contribution in [0.4, 0.5) is 0 Å². The van der Waals surface area contributed by atoms with Gasteiger partial charge in [-0.3, -0.25) is 14.4 Å². The summed E-state index contributed by atoms with van der Waals surface area (Å²) in [6, 6.07) is 9.57. The third-order valence-electron chi connectivity index (χ3n) is 5.83. The molecule has 0 bridgehead atoms. The Morgan fingerprint density at radius 2 is 1.81 bits per heavy atom. The first-order valence-corrected chi connectivity index (χ1v) is 10.5. The highest BCUT2D eigenvalue weighted by Crippen LogP contribution is 2.34. The number of hydrogen-bond acceptors (Lipinski definition) is 5. The van der Waals surface area contributed by atoms with Crippen LogP contribution >= 0.6 is 0 Å². The Morgan fingerprint density at radius 1 is 1.13 bits per heavy atom. The molecule has 0 radical (unpaired) electrons. The maximum atomic E-state index is 12.7. The highest BCUT2D eigenvalue weighted by Gasteiger charge is 2.40. The van der Waals surface area contributed by atoms with Crippen LogP contribution < -0.4 is 0 Å². The maximum Gasteiger partial charge on any atom is 0.292 e. The molecule has 0 spiro atoms. The van der Waals surface area contributed by atoms with Gasteiger partial charge >= 0.3 is 0 Å². The van der Waals surface area contributed by atoms with Gasteiger partial charge < -0.3 is 19.2 Å². The summed E-state index contributed by atoms with van der Waals surface area (Å²) in [7, 11) is 5.20. The number of nitrogens with zero attached hydrogens (tertiary/aromatic N) is 4. The average Bonchev–Trinajstić information content (AvgIpc) is 3.40. The maximum absolute atomic E-state index is 12.7. The number of aryl methyl sites for hydroxylation is 1. The number of rotatable bonds is 6. The van der Waals surface area contributed by atoms with Gasteiger partial charge in [-0.25, -0.2) is 0 Å². The van der Waals surface area contributed by atoms with Crippen LogP contribution in [0.2, 0.25) is 0 Å². The fourth-order valence-corrected chi connectivity index (χ4v) is 3.96. The van der Waals surface area contributed by atoms with Gasteiger partial charge in [0.2, 0.25) is 17.6 Å². The minimum absolute atomic E-state index is 0.0190. The molecule has 3 amide bonds. The van der Waals surface area contributed by atoms with Crippen molar-refractivity contribution < 1.29 is 18.9 Å². The van der Waals surface area contributed by atoms with Gasteiger partial charge in [-0.05, 0) is 17.5 Å². The fourth-order valence-electron chi connectivity index (χ4n) is 3.96. The summed E-state index contributed by atoms with van der Waals surface area (Å²) in [5, 5.41) is 3.87. The van der Waals surface area contributed by atoms with Crippen molar-refractivity contribution in [2.24, 2.45) is 5.92 Å². The van der Waals surface area contributed by atoms with E-state index in [-0.39, 0.29) is 35.3 Å². The molecule has 2 atom stereocenters. The van der Waals surface area contributed by atoms with Gasteiger partial charge in [0, 0.05) is 59.7 Å². The van der Waals surface area contributed by atoms with Crippen molar-refractivity contribution in [2.75, 3.05) is 34.2 Å². The van der Waals surface area contributed by atoms with E-state index >= 15 is 0 Å². The molecule has 1 aromatic heterocycles. The molecule has 166 valence electrons. The third-order valence-corrected chi connectivity index (χ3v) is 5.83. The Morgan fingerprint density at radius 3 is 2.35 bits per heavy atom. The number of likely N-dealkylation sites (tertiary alicyclic amines) is 1. The molecule has 8 heteroatoms. The lowest BCUT2D eigenvalue weighted by molar-refractivity contribution is -0.133. The second kappa shape index (κ2) is 9.32. The van der Waals surface area contributed by atoms with Gasteiger partial charge in [0.25, 0.3) is 5.91 Å². The zero-order valence-electron chi connectivity index (χ0n) is 18.8. The summed E-state index contributed by atoms with van der Waals surface area (Å²) < 4.78 is 5.14. The number of carbonyl (C=O) groups excluding carboxylic acids is 3. The molecule has 2 heterocycles. The molecule has 31 heavy (non-hydrogen) atoms. The van der Waals surface area contributed by atoms with Gasteiger partial charge in [-0.1, -0.05) is 36.3 Å². The zero-order chi connectivity index (χ0) is 22.7. The molecular formula is C23H30N4O4. The van der Waals surface area contributed by atoms with Gasteiger partial charge in [-0.15, -0.1) is 0 Å². The molecule has 0 unspecified atom stereocenters. The highest BCUT2D eigenvalue weighted by molar-refractivity contribution is 5.91. The largest absolute Gasteiger partial charge is 0.351 e. The van der Waals surface area contributed by atoms with Crippen molar-refractivity contribution in [3.8, 4) is 0 Å². The quantitative estimate of drug-likeness (QED) is 0.707. The molecule has 1 aromatic carbocycles. The molecule has 8 nitrogen and oxygen atoms in total. The van der Waals surface area contributed by atoms with E-state index in [4.69, 9.17) is 4.52 Å². The number of benzene rings is 1. The van der Waals surface area contributed by atoms with E-state index in [0.717, 1.165) is 16.8 Å². The van der Waals surface area contributed by atoms with E-state index < -0.39 is 0 Å². The SMILES string of the molecule is CCc1cc(C(=O)N(C)Cc2ccc([C@H]3CN(C(C)=O)C[C@@H]3C(=O)N(C)C)cc2)on1. The molecule has 2 aromatic rings. The minimum atomic E-state index is -0.256. The monoisotopic (exact) mass is 426 g/mol. The van der Waals surface area contributed by atoms with Crippen LogP contribution in [-0.2, 0) is 22.6 Å². The second-order valence-electron chi connectivity index (χ2n) is 8.31. The smallest absolute Gasteiger partial charge is 0.292 e. The Labute approximate surface area is 182 Å². The van der Waals surface area contributed by atoms with Crippen molar-refractivity contribution in [2.45, 2.75) is 32.7 Å². The molecule has 1 aliphatic heterocycles. The van der Waals surface area contributed by atoms with Crippen LogP contribution in [0.5, 0.6) is 0 Å². The van der Waals surface area contributed by atoms with Crippen LogP contribution in [0, 0.1) is 5.92 Å². The van der Waals surface area contributed by atoms with E-state index in [1.807, 2.05) is 31.2 Å². The van der Waals surface area contributed by atoms with Gasteiger partial charge in [0.05, 0.1) is 11.6 Å². The van der Waals surface area contributed by atoms with E-state index in [1.165, 1.54) is 6.92 Å². The van der Waals surface area contributed by atoms with Crippen molar-refractivity contribution >= 4 is 17.7 Å². The van der Waals surface area contributed by atoms with Crippen LogP contribution in [0.3, 0.4) is 0 Å². The summed E-state index contributed by atoms with van der Waals surface area (Å²) >= 11 is 0. The van der Waals surface area contributed by atoms with Gasteiger partial charge in [0.15, 0.2) is 0 Å². The first-order valence-electron chi connectivity index (χ1n) is 10.5. The average molecular weight is 427 g/mol. The van der Waals surface area contributed by atoms with Crippen LogP contribution in [0.1, 0.15) is 47.1 Å². The van der Waals surface area contributed by atoms with E-state index in [9.17, 15) is 14.4 Å². The van der Waals surface area contributed by atoms with Crippen molar-refractivity contribution in [3.63, 3.8) is 0 Å². The first-order chi connectivity index (χ1) is 14.7. The van der Waals surface area contributed by atoms with E-state index in [0.29, 0.717) is 26.1 Å². The van der Waals surface area contributed by atoms with Crippen molar-refractivity contribution in [1.29, 1.82) is 0 Å². The third kappa shape index (κ3) is 4.95. The lowest BCUT2D eigenvalue weighted by Gasteiger charge is -2.22. The van der Waals surface area contributed by atoms with Gasteiger partial charge in [0.1, 0.15) is 0 Å². The molecule has 0 aliphatic carbocycles. The summed E-state index contributed by atoms with van der Waals surface area (Å²) in [5.41, 5.74) is 2.73. The lowest BCUT2D eigenvalue weighted by Crippen LogP contribution is -2.34. The molecular weight excluding hydrogens is 396 g/mol. The summed E-state index contributed by atoms with van der Waals surface area (Å²) in [5.74, 6) is -0.282. The summed E-state index contributed by atoms with van der Waals surface area (Å²) in [4.78, 5) is 42.0. The Bertz CT molecular complexity index is 951. The second-order valence-corrected chi connectivity index (χ2v) is 8.31. The van der Waals surface area contributed by atoms with E-state index in [2.05, 4.69) is 5.16 Å². The standard InChI is InChI=1S/C23H30N4O4/c1-6-18-11-21(31-24-18)23(30)26(5)12-16-7-9-17(10-8-16)19-13-27(15(2)28)14-20(19)22(29)25(3)4/h7-11,19-20H,6,12-14H2,1-5H3/t19-,20+/m1/s1. The Kier molecular flexibility index (Phi) is 6.77. The van der Waals surface area contributed by atoms with Gasteiger partial charge in [-0.2, -0.15) is 0 Å². The number of aromatic nitrogens is 1. The van der Waals surface area contributed by atoms with Crippen molar-refractivity contribution in [1.82, 2.24) is 19.9 Å². The van der Waals surface area contributed by atoms with E-state index in [1.54, 1.807) is 41.9 Å². The molecule has 1 aliphatic rings. The molecule has 0 saturated carbocycles. The van der Waals surface area contributed by atoms with Crippen LogP contribution in [0.15, 0.2) is 34.9 Å². The highest BCUT2D eigenvalue weighted by atomic mass is 16.5. The topological polar surface area (TPSA) is 87.0 Å². The lowest BCUT2D eigenvalue weighted by atomic mass is 9.87. The van der Waals surface area contributed by atoms with Crippen LogP contribution in [-0.4, -0.2) is 71.8 Å². The van der Waals surface area contributed by atoms with Crippen molar-refractivity contribution in [3.05, 3.63) is 52.9 Å². The number of hydrogen-bond donors (Lipinski definition) is 0. The summed E-state index contributed by atoms with van der Waals surface area (Å²) in [6.45, 7) is 4.88. The number of amides is 3. The summed E-state index contributed by atoms with van der Waals surface area (Å²) in [6.07, 6.45) is 0.710. The fraction of sp³-hybridized carbons (Fsp3) is 0.478. The normalized spacial score (nSPS) is 18.2. The first kappa shape index (κ1) is 22.5. The Balaban J connectivity index is 1.71. The molecule has 3 rings (SSSR count). The minimum Gasteiger partial charge on any atom is -0.351 e. The van der Waals surface area contributed by atoms with Crippen LogP contribution in [0.25, 0.3) is 0 Å².